The number of hydrogen-bond donors (Lipinski definition) is 1. The number of hydrogen-bond acceptors (Lipinski definition) is 3. The number of aromatic nitrogens is 3. The largest absolute Gasteiger partial charge is 0.321 e. The summed E-state index contributed by atoms with van der Waals surface area (Å²) < 4.78 is 1.72. The van der Waals surface area contributed by atoms with Gasteiger partial charge in [0.15, 0.2) is 5.82 Å². The van der Waals surface area contributed by atoms with E-state index in [2.05, 4.69) is 10.1 Å². The fourth-order valence-electron chi connectivity index (χ4n) is 1.42. The van der Waals surface area contributed by atoms with Crippen molar-refractivity contribution in [1.82, 2.24) is 14.8 Å². The van der Waals surface area contributed by atoms with Gasteiger partial charge in [-0.3, -0.25) is 0 Å². The van der Waals surface area contributed by atoms with Crippen LogP contribution in [0.1, 0.15) is 24.4 Å². The highest BCUT2D eigenvalue weighted by Crippen LogP contribution is 2.22. The third-order valence-corrected chi connectivity index (χ3v) is 3.03. The van der Waals surface area contributed by atoms with E-state index in [0.717, 1.165) is 5.56 Å². The summed E-state index contributed by atoms with van der Waals surface area (Å²) in [5.41, 5.74) is 6.70. The van der Waals surface area contributed by atoms with Gasteiger partial charge in [-0.05, 0) is 24.6 Å². The van der Waals surface area contributed by atoms with Crippen molar-refractivity contribution in [3.63, 3.8) is 0 Å². The first-order valence-electron chi connectivity index (χ1n) is 5.15. The van der Waals surface area contributed by atoms with Crippen LogP contribution in [0.25, 0.3) is 0 Å². The van der Waals surface area contributed by atoms with Gasteiger partial charge in [0.2, 0.25) is 0 Å². The average Bonchev–Trinajstić information content (AvgIpc) is 2.72. The van der Waals surface area contributed by atoms with Gasteiger partial charge in [0.25, 0.3) is 0 Å². The highest BCUT2D eigenvalue weighted by atomic mass is 35.5. The van der Waals surface area contributed by atoms with Crippen molar-refractivity contribution in [2.24, 2.45) is 5.73 Å². The van der Waals surface area contributed by atoms with Crippen LogP contribution in [0.5, 0.6) is 0 Å². The number of nitrogens with zero attached hydrogens (tertiary/aromatic N) is 3. The molecule has 0 aliphatic rings. The van der Waals surface area contributed by atoms with Gasteiger partial charge >= 0.3 is 0 Å². The maximum absolute atomic E-state index is 5.94. The van der Waals surface area contributed by atoms with Gasteiger partial charge < -0.3 is 5.73 Å². The van der Waals surface area contributed by atoms with Crippen LogP contribution in [0.2, 0.25) is 10.0 Å². The fraction of sp³-hybridized carbons (Fsp3) is 0.273. The Kier molecular flexibility index (Phi) is 3.66. The van der Waals surface area contributed by atoms with E-state index in [-0.39, 0.29) is 6.04 Å². The molecule has 2 N–H and O–H groups in total. The zero-order valence-electron chi connectivity index (χ0n) is 9.27. The SMILES string of the molecule is CC(N)c1ncn(Cc2ccc(Cl)c(Cl)c2)n1. The summed E-state index contributed by atoms with van der Waals surface area (Å²) >= 11 is 11.8. The predicted molar refractivity (Wildman–Crippen MR) is 68.2 cm³/mol. The lowest BCUT2D eigenvalue weighted by Gasteiger charge is -2.03. The summed E-state index contributed by atoms with van der Waals surface area (Å²) in [5.74, 6) is 0.630. The molecule has 2 rings (SSSR count). The second-order valence-electron chi connectivity index (χ2n) is 3.84. The third-order valence-electron chi connectivity index (χ3n) is 2.29. The molecule has 0 radical (unpaired) electrons. The van der Waals surface area contributed by atoms with Gasteiger partial charge in [0.05, 0.1) is 22.6 Å². The van der Waals surface area contributed by atoms with Crippen molar-refractivity contribution in [3.05, 3.63) is 46.0 Å². The third kappa shape index (κ3) is 2.97. The molecule has 2 aromatic rings. The molecule has 1 aromatic heterocycles. The van der Waals surface area contributed by atoms with Crippen molar-refractivity contribution in [2.45, 2.75) is 19.5 Å². The number of benzene rings is 1. The topological polar surface area (TPSA) is 56.7 Å². The molecule has 1 atom stereocenters. The fourth-order valence-corrected chi connectivity index (χ4v) is 1.74. The summed E-state index contributed by atoms with van der Waals surface area (Å²) in [6.07, 6.45) is 1.65. The maximum Gasteiger partial charge on any atom is 0.166 e. The van der Waals surface area contributed by atoms with Gasteiger partial charge in [-0.15, -0.1) is 0 Å². The predicted octanol–water partition coefficient (Wildman–Crippen LogP) is 2.65. The van der Waals surface area contributed by atoms with Crippen LogP contribution in [0.4, 0.5) is 0 Å². The van der Waals surface area contributed by atoms with Crippen LogP contribution < -0.4 is 5.73 Å². The normalized spacial score (nSPS) is 12.7. The van der Waals surface area contributed by atoms with Gasteiger partial charge in [0.1, 0.15) is 6.33 Å². The molecule has 0 amide bonds. The zero-order chi connectivity index (χ0) is 12.4. The van der Waals surface area contributed by atoms with E-state index in [1.807, 2.05) is 19.1 Å². The van der Waals surface area contributed by atoms with E-state index in [1.54, 1.807) is 17.1 Å². The Hall–Kier alpha value is -1.10. The second kappa shape index (κ2) is 5.04. The highest BCUT2D eigenvalue weighted by Gasteiger charge is 2.06. The second-order valence-corrected chi connectivity index (χ2v) is 4.65. The van der Waals surface area contributed by atoms with Crippen molar-refractivity contribution in [1.29, 1.82) is 0 Å². The van der Waals surface area contributed by atoms with Crippen LogP contribution >= 0.6 is 23.2 Å². The van der Waals surface area contributed by atoms with Crippen LogP contribution in [-0.2, 0) is 6.54 Å². The van der Waals surface area contributed by atoms with E-state index in [4.69, 9.17) is 28.9 Å². The zero-order valence-corrected chi connectivity index (χ0v) is 10.8. The van der Waals surface area contributed by atoms with Crippen molar-refractivity contribution >= 4 is 23.2 Å². The number of rotatable bonds is 3. The van der Waals surface area contributed by atoms with Crippen LogP contribution in [0.15, 0.2) is 24.5 Å². The van der Waals surface area contributed by atoms with E-state index in [1.165, 1.54) is 0 Å². The first-order valence-corrected chi connectivity index (χ1v) is 5.90. The minimum Gasteiger partial charge on any atom is -0.321 e. The Labute approximate surface area is 109 Å². The molecule has 0 fully saturated rings. The summed E-state index contributed by atoms with van der Waals surface area (Å²) in [6, 6.07) is 5.33. The quantitative estimate of drug-likeness (QED) is 0.933. The van der Waals surface area contributed by atoms with E-state index in [0.29, 0.717) is 22.4 Å². The van der Waals surface area contributed by atoms with Gasteiger partial charge in [-0.25, -0.2) is 9.67 Å². The molecule has 0 bridgehead atoms. The molecule has 0 aliphatic heterocycles. The van der Waals surface area contributed by atoms with E-state index < -0.39 is 0 Å². The monoisotopic (exact) mass is 270 g/mol. The lowest BCUT2D eigenvalue weighted by Crippen LogP contribution is -2.08. The van der Waals surface area contributed by atoms with E-state index in [9.17, 15) is 0 Å². The molecule has 17 heavy (non-hydrogen) atoms. The van der Waals surface area contributed by atoms with Gasteiger partial charge in [-0.1, -0.05) is 29.3 Å². The molecular weight excluding hydrogens is 259 g/mol. The first kappa shape index (κ1) is 12.4. The summed E-state index contributed by atoms with van der Waals surface area (Å²) in [7, 11) is 0. The van der Waals surface area contributed by atoms with Crippen molar-refractivity contribution < 1.29 is 0 Å². The minimum atomic E-state index is -0.162. The first-order chi connectivity index (χ1) is 8.06. The average molecular weight is 271 g/mol. The van der Waals surface area contributed by atoms with Gasteiger partial charge in [0, 0.05) is 0 Å². The Morgan fingerprint density at radius 3 is 2.71 bits per heavy atom. The Morgan fingerprint density at radius 2 is 2.12 bits per heavy atom. The lowest BCUT2D eigenvalue weighted by atomic mass is 10.2. The van der Waals surface area contributed by atoms with Crippen LogP contribution in [0.3, 0.4) is 0 Å². The van der Waals surface area contributed by atoms with Crippen LogP contribution in [0, 0.1) is 0 Å². The molecule has 0 spiro atoms. The summed E-state index contributed by atoms with van der Waals surface area (Å²) in [4.78, 5) is 4.12. The molecule has 6 heteroatoms. The standard InChI is InChI=1S/C11H12Cl2N4/c1-7(14)11-15-6-17(16-11)5-8-2-3-9(12)10(13)4-8/h2-4,6-7H,5,14H2,1H3. The molecule has 1 heterocycles. The van der Waals surface area contributed by atoms with Gasteiger partial charge in [-0.2, -0.15) is 5.10 Å². The summed E-state index contributed by atoms with van der Waals surface area (Å²) in [5, 5.41) is 5.35. The molecule has 0 saturated heterocycles. The molecule has 4 nitrogen and oxygen atoms in total. The highest BCUT2D eigenvalue weighted by molar-refractivity contribution is 6.42. The van der Waals surface area contributed by atoms with Crippen molar-refractivity contribution in [3.8, 4) is 0 Å². The molecule has 1 aromatic carbocycles. The minimum absolute atomic E-state index is 0.162. The van der Waals surface area contributed by atoms with Crippen LogP contribution in [-0.4, -0.2) is 14.8 Å². The molecule has 0 saturated carbocycles. The smallest absolute Gasteiger partial charge is 0.166 e. The Morgan fingerprint density at radius 1 is 1.35 bits per heavy atom. The summed E-state index contributed by atoms with van der Waals surface area (Å²) in [6.45, 7) is 2.44. The Bertz CT molecular complexity index is 522. The van der Waals surface area contributed by atoms with E-state index >= 15 is 0 Å². The lowest BCUT2D eigenvalue weighted by molar-refractivity contribution is 0.649. The van der Waals surface area contributed by atoms with Crippen molar-refractivity contribution in [2.75, 3.05) is 0 Å². The maximum atomic E-state index is 5.94. The molecule has 0 aliphatic carbocycles. The number of halogens is 2. The molecule has 90 valence electrons. The molecule has 1 unspecified atom stereocenters. The molecular formula is C11H12Cl2N4. The number of nitrogens with two attached hydrogens (primary N) is 1. The Balaban J connectivity index is 2.16.